The van der Waals surface area contributed by atoms with Crippen LogP contribution in [0.25, 0.3) is 53.5 Å². The average Bonchev–Trinajstić information content (AvgIpc) is 4.01. The van der Waals surface area contributed by atoms with Crippen molar-refractivity contribution in [2.45, 2.75) is 149 Å². The van der Waals surface area contributed by atoms with E-state index in [1.54, 1.807) is 11.1 Å². The molecular formula is C49H60N2S3. The number of fused-ring (bicyclic) bond motifs is 4. The van der Waals surface area contributed by atoms with E-state index >= 15 is 0 Å². The molecule has 0 aliphatic heterocycles. The van der Waals surface area contributed by atoms with Gasteiger partial charge in [-0.2, -0.15) is 8.75 Å². The van der Waals surface area contributed by atoms with Gasteiger partial charge in [0.2, 0.25) is 0 Å². The molecule has 3 aromatic carbocycles. The molecule has 0 amide bonds. The summed E-state index contributed by atoms with van der Waals surface area (Å²) in [5.74, 6) is 0. The standard InChI is InChI=1S/C49H60N2S3/c1-9-13-15-17-29-49(30-18-16-14-10-2)39-31-33(19-21-35(39)36-22-20-34(32-40(36)49)47(5,6)11-3)41-25-26-42(52-41)37-23-24-38(46-45(37)50-54-51-46)43-27-28-44(53-43)48(7,8)12-4/h19-28,31-32H,9-18,29-30H2,1-8H3. The maximum absolute atomic E-state index is 4.88. The third-order valence-corrected chi connectivity index (χ3v) is 16.1. The number of nitrogens with zero attached hydrogens (tertiary/aromatic N) is 2. The summed E-state index contributed by atoms with van der Waals surface area (Å²) in [6.07, 6.45) is 15.1. The molecule has 3 aromatic heterocycles. The topological polar surface area (TPSA) is 25.8 Å². The van der Waals surface area contributed by atoms with Crippen molar-refractivity contribution >= 4 is 45.4 Å². The summed E-state index contributed by atoms with van der Waals surface area (Å²) in [6.45, 7) is 18.8. The summed E-state index contributed by atoms with van der Waals surface area (Å²) in [6, 6.07) is 28.8. The third-order valence-electron chi connectivity index (χ3n) is 12.9. The number of hydrogen-bond donors (Lipinski definition) is 0. The smallest absolute Gasteiger partial charge is 0.114 e. The minimum atomic E-state index is 0.0599. The van der Waals surface area contributed by atoms with E-state index in [0.29, 0.717) is 0 Å². The third kappa shape index (κ3) is 7.30. The molecule has 7 rings (SSSR count). The van der Waals surface area contributed by atoms with Gasteiger partial charge in [-0.15, -0.1) is 22.7 Å². The molecule has 54 heavy (non-hydrogen) atoms. The van der Waals surface area contributed by atoms with E-state index in [0.717, 1.165) is 23.9 Å². The van der Waals surface area contributed by atoms with Crippen molar-refractivity contribution in [1.29, 1.82) is 0 Å². The second-order valence-electron chi connectivity index (χ2n) is 17.1. The Balaban J connectivity index is 1.28. The molecule has 3 heterocycles. The predicted molar refractivity (Wildman–Crippen MR) is 240 cm³/mol. The van der Waals surface area contributed by atoms with E-state index in [2.05, 4.69) is 128 Å². The summed E-state index contributed by atoms with van der Waals surface area (Å²) >= 11 is 5.13. The van der Waals surface area contributed by atoms with Crippen molar-refractivity contribution in [3.63, 3.8) is 0 Å². The van der Waals surface area contributed by atoms with Gasteiger partial charge in [0.1, 0.15) is 11.0 Å². The van der Waals surface area contributed by atoms with Crippen molar-refractivity contribution in [3.05, 3.63) is 94.4 Å². The van der Waals surface area contributed by atoms with Crippen LogP contribution in [0.5, 0.6) is 0 Å². The van der Waals surface area contributed by atoms with Gasteiger partial charge in [-0.05, 0) is 100 Å². The van der Waals surface area contributed by atoms with Gasteiger partial charge >= 0.3 is 0 Å². The molecule has 0 radical (unpaired) electrons. The fraction of sp³-hybridized carbons (Fsp3) is 0.469. The van der Waals surface area contributed by atoms with Gasteiger partial charge in [0.25, 0.3) is 0 Å². The van der Waals surface area contributed by atoms with Crippen LogP contribution >= 0.6 is 34.4 Å². The van der Waals surface area contributed by atoms with E-state index in [-0.39, 0.29) is 16.2 Å². The van der Waals surface area contributed by atoms with Crippen LogP contribution in [-0.2, 0) is 16.2 Å². The minimum absolute atomic E-state index is 0.0599. The van der Waals surface area contributed by atoms with Crippen LogP contribution < -0.4 is 0 Å². The summed E-state index contributed by atoms with van der Waals surface area (Å²) < 4.78 is 9.73. The van der Waals surface area contributed by atoms with Gasteiger partial charge in [0.15, 0.2) is 0 Å². The van der Waals surface area contributed by atoms with Crippen LogP contribution in [0.3, 0.4) is 0 Å². The highest BCUT2D eigenvalue weighted by Crippen LogP contribution is 2.56. The zero-order valence-corrected chi connectivity index (χ0v) is 36.5. The number of thiophene rings is 2. The number of unbranched alkanes of at least 4 members (excludes halogenated alkanes) is 6. The molecule has 6 aromatic rings. The average molecular weight is 773 g/mol. The fourth-order valence-corrected chi connectivity index (χ4v) is 11.4. The van der Waals surface area contributed by atoms with Crippen LogP contribution in [0.15, 0.2) is 72.8 Å². The lowest BCUT2D eigenvalue weighted by molar-refractivity contribution is 0.399. The van der Waals surface area contributed by atoms with Gasteiger partial charge < -0.3 is 0 Å². The van der Waals surface area contributed by atoms with Gasteiger partial charge in [-0.25, -0.2) is 0 Å². The molecule has 0 unspecified atom stereocenters. The number of rotatable bonds is 17. The Kier molecular flexibility index (Phi) is 11.7. The first-order chi connectivity index (χ1) is 26.1. The summed E-state index contributed by atoms with van der Waals surface area (Å²) in [5, 5.41) is 0. The fourth-order valence-electron chi connectivity index (χ4n) is 8.57. The number of benzene rings is 3. The molecule has 0 fully saturated rings. The second-order valence-corrected chi connectivity index (χ2v) is 19.8. The molecule has 0 atom stereocenters. The molecule has 0 N–H and O–H groups in total. The molecule has 0 saturated heterocycles. The lowest BCUT2D eigenvalue weighted by Crippen LogP contribution is -2.26. The number of aromatic nitrogens is 2. The Hall–Kier alpha value is -3.12. The van der Waals surface area contributed by atoms with Crippen LogP contribution in [0.4, 0.5) is 0 Å². The Morgan fingerprint density at radius 1 is 0.519 bits per heavy atom. The SMILES string of the molecule is CCCCCCC1(CCCCCC)c2cc(-c3ccc(-c4ccc(-c5ccc(C(C)(C)CC)s5)c5nsnc45)s3)ccc2-c2ccc(C(C)(C)CC)cc21. The van der Waals surface area contributed by atoms with Gasteiger partial charge in [-0.3, -0.25) is 0 Å². The molecule has 2 nitrogen and oxygen atoms in total. The van der Waals surface area contributed by atoms with E-state index in [1.165, 1.54) is 129 Å². The second kappa shape index (κ2) is 16.2. The molecular weight excluding hydrogens is 713 g/mol. The van der Waals surface area contributed by atoms with Crippen molar-refractivity contribution in [1.82, 2.24) is 8.75 Å². The van der Waals surface area contributed by atoms with Crippen molar-refractivity contribution < 1.29 is 0 Å². The van der Waals surface area contributed by atoms with Crippen LogP contribution in [0.1, 0.15) is 154 Å². The first-order valence-corrected chi connectivity index (χ1v) is 23.2. The highest BCUT2D eigenvalue weighted by Gasteiger charge is 2.43. The van der Waals surface area contributed by atoms with E-state index < -0.39 is 0 Å². The van der Waals surface area contributed by atoms with Crippen LogP contribution in [-0.4, -0.2) is 8.75 Å². The largest absolute Gasteiger partial charge is 0.172 e. The first kappa shape index (κ1) is 39.1. The lowest BCUT2D eigenvalue weighted by atomic mass is 9.69. The minimum Gasteiger partial charge on any atom is -0.172 e. The van der Waals surface area contributed by atoms with Gasteiger partial charge in [0.05, 0.1) is 11.7 Å². The van der Waals surface area contributed by atoms with Crippen molar-refractivity contribution in [2.75, 3.05) is 0 Å². The molecule has 0 saturated carbocycles. The summed E-state index contributed by atoms with van der Waals surface area (Å²) in [4.78, 5) is 5.29. The highest BCUT2D eigenvalue weighted by atomic mass is 32.1. The Morgan fingerprint density at radius 2 is 1.06 bits per heavy atom. The summed E-state index contributed by atoms with van der Waals surface area (Å²) in [7, 11) is 0. The molecule has 0 bridgehead atoms. The van der Waals surface area contributed by atoms with E-state index in [9.17, 15) is 0 Å². The maximum atomic E-state index is 4.88. The molecule has 0 spiro atoms. The van der Waals surface area contributed by atoms with E-state index in [1.807, 2.05) is 22.7 Å². The van der Waals surface area contributed by atoms with Gasteiger partial charge in [0, 0.05) is 36.1 Å². The Bertz CT molecular complexity index is 2200. The first-order valence-electron chi connectivity index (χ1n) is 20.8. The molecule has 1 aliphatic carbocycles. The molecule has 5 heteroatoms. The Morgan fingerprint density at radius 3 is 1.67 bits per heavy atom. The lowest BCUT2D eigenvalue weighted by Gasteiger charge is -2.34. The zero-order chi connectivity index (χ0) is 38.1. The maximum Gasteiger partial charge on any atom is 0.114 e. The van der Waals surface area contributed by atoms with Gasteiger partial charge in [-0.1, -0.05) is 149 Å². The van der Waals surface area contributed by atoms with Crippen molar-refractivity contribution in [2.24, 2.45) is 0 Å². The highest BCUT2D eigenvalue weighted by molar-refractivity contribution is 7.19. The molecule has 1 aliphatic rings. The molecule has 284 valence electrons. The van der Waals surface area contributed by atoms with Crippen LogP contribution in [0.2, 0.25) is 0 Å². The van der Waals surface area contributed by atoms with E-state index in [4.69, 9.17) is 8.75 Å². The normalized spacial score (nSPS) is 13.9. The van der Waals surface area contributed by atoms with Crippen LogP contribution in [0, 0.1) is 0 Å². The summed E-state index contributed by atoms with van der Waals surface area (Å²) in [5.41, 5.74) is 13.7. The monoisotopic (exact) mass is 772 g/mol. The number of hydrogen-bond acceptors (Lipinski definition) is 5. The van der Waals surface area contributed by atoms with Crippen molar-refractivity contribution in [3.8, 4) is 42.4 Å². The Labute approximate surface area is 337 Å². The zero-order valence-electron chi connectivity index (χ0n) is 34.0. The quantitative estimate of drug-likeness (QED) is 0.0863. The predicted octanol–water partition coefficient (Wildman–Crippen LogP) is 16.4.